The van der Waals surface area contributed by atoms with Crippen molar-refractivity contribution in [3.63, 3.8) is 0 Å². The lowest BCUT2D eigenvalue weighted by atomic mass is 9.98. The number of ether oxygens (including phenoxy) is 5. The van der Waals surface area contributed by atoms with Gasteiger partial charge in [-0.05, 0) is 49.2 Å². The van der Waals surface area contributed by atoms with Crippen molar-refractivity contribution in [1.82, 2.24) is 29.5 Å². The maximum atomic E-state index is 6.91. The zero-order chi connectivity index (χ0) is 36.7. The minimum atomic E-state index is -1.04. The third kappa shape index (κ3) is 7.04. The quantitative estimate of drug-likeness (QED) is 0.134. The van der Waals surface area contributed by atoms with Crippen molar-refractivity contribution in [2.45, 2.75) is 50.7 Å². The summed E-state index contributed by atoms with van der Waals surface area (Å²) in [6, 6.07) is 22.4. The highest BCUT2D eigenvalue weighted by Crippen LogP contribution is 2.48. The predicted molar refractivity (Wildman–Crippen MR) is 200 cm³/mol. The molecule has 0 N–H and O–H groups in total. The lowest BCUT2D eigenvalue weighted by molar-refractivity contribution is -0.187. The number of hydrogen-bond acceptors (Lipinski definition) is 9. The molecule has 2 aliphatic rings. The van der Waals surface area contributed by atoms with Gasteiger partial charge in [0.05, 0.1) is 45.5 Å². The molecule has 0 bridgehead atoms. The number of nitrogens with zero attached hydrogens (tertiary/aromatic N) is 6. The number of halogens is 4. The number of benzene rings is 4. The zero-order valence-electron chi connectivity index (χ0n) is 28.5. The largest absolute Gasteiger partial charge is 0.456 e. The average Bonchev–Trinajstić information content (AvgIpc) is 3.99. The van der Waals surface area contributed by atoms with Crippen molar-refractivity contribution in [2.75, 3.05) is 13.2 Å². The van der Waals surface area contributed by atoms with Crippen molar-refractivity contribution in [3.8, 4) is 33.8 Å². The van der Waals surface area contributed by atoms with Crippen LogP contribution in [-0.2, 0) is 43.6 Å². The van der Waals surface area contributed by atoms with E-state index in [0.717, 1.165) is 22.3 Å². The van der Waals surface area contributed by atoms with Gasteiger partial charge in [-0.15, -0.1) is 0 Å². The smallest absolute Gasteiger partial charge is 0.215 e. The summed E-state index contributed by atoms with van der Waals surface area (Å²) in [5, 5.41) is 9.90. The Morgan fingerprint density at radius 3 is 1.38 bits per heavy atom. The molecular weight excluding hydrogens is 762 g/mol. The van der Waals surface area contributed by atoms with Crippen molar-refractivity contribution in [1.29, 1.82) is 0 Å². The van der Waals surface area contributed by atoms with Crippen LogP contribution in [0.2, 0.25) is 20.1 Å². The van der Waals surface area contributed by atoms with E-state index in [-0.39, 0.29) is 12.2 Å². The summed E-state index contributed by atoms with van der Waals surface area (Å²) in [6.45, 7) is 5.46. The molecule has 2 fully saturated rings. The maximum absolute atomic E-state index is 6.91. The topological polar surface area (TPSA) is 108 Å². The van der Waals surface area contributed by atoms with Crippen LogP contribution in [0.5, 0.6) is 11.5 Å². The summed E-state index contributed by atoms with van der Waals surface area (Å²) in [4.78, 5) is 8.13. The van der Waals surface area contributed by atoms with E-state index < -0.39 is 11.6 Å². The average molecular weight is 795 g/mol. The molecule has 6 aromatic rings. The Hall–Kier alpha value is -4.04. The van der Waals surface area contributed by atoms with E-state index in [0.29, 0.717) is 69.0 Å². The predicted octanol–water partition coefficient (Wildman–Crippen LogP) is 9.19. The number of rotatable bonds is 10. The van der Waals surface area contributed by atoms with Gasteiger partial charge in [0.1, 0.15) is 49.9 Å². The van der Waals surface area contributed by atoms with Crippen LogP contribution in [0.1, 0.15) is 25.0 Å². The van der Waals surface area contributed by atoms with Gasteiger partial charge in [0.25, 0.3) is 0 Å². The molecule has 11 nitrogen and oxygen atoms in total. The van der Waals surface area contributed by atoms with E-state index in [2.05, 4.69) is 20.2 Å². The van der Waals surface area contributed by atoms with Crippen LogP contribution in [0.15, 0.2) is 98.1 Å². The van der Waals surface area contributed by atoms with E-state index >= 15 is 0 Å². The Morgan fingerprint density at radius 2 is 1.04 bits per heavy atom. The van der Waals surface area contributed by atoms with Crippen LogP contribution in [0, 0.1) is 0 Å². The summed E-state index contributed by atoms with van der Waals surface area (Å²) in [5.74, 6) is -1.18. The Labute approximate surface area is 325 Å². The summed E-state index contributed by atoms with van der Waals surface area (Å²) in [7, 11) is 0. The molecule has 15 heteroatoms. The van der Waals surface area contributed by atoms with Crippen LogP contribution >= 0.6 is 46.4 Å². The van der Waals surface area contributed by atoms with E-state index in [1.165, 1.54) is 12.7 Å². The molecular formula is C38H32Cl4N6O5. The molecule has 8 rings (SSSR count). The van der Waals surface area contributed by atoms with Crippen LogP contribution in [0.4, 0.5) is 0 Å². The summed E-state index contributed by atoms with van der Waals surface area (Å²) >= 11 is 27.0. The van der Waals surface area contributed by atoms with Crippen molar-refractivity contribution < 1.29 is 23.7 Å². The SMILES string of the molecule is CC1COC(Cn2cncn2)(c2ccc(-c3c(Oc4ccc(Cl)c(Cl)c4-c4ccc(C5(Cn6cncn6)OCC(C)O5)cc4)ccc(Cl)c3Cl)cc2)O1. The second kappa shape index (κ2) is 14.7. The highest BCUT2D eigenvalue weighted by Gasteiger charge is 2.44. The van der Waals surface area contributed by atoms with Gasteiger partial charge in [-0.25, -0.2) is 19.3 Å². The summed E-state index contributed by atoms with van der Waals surface area (Å²) < 4.78 is 35.1. The van der Waals surface area contributed by atoms with Gasteiger partial charge >= 0.3 is 0 Å². The molecule has 0 amide bonds. The highest BCUT2D eigenvalue weighted by molar-refractivity contribution is 6.44. The standard InChI is InChI=1S/C38H32Cl4N6O5/c1-23-15-49-37(52-23,17-47-21-43-19-45-47)27-7-3-25(4-8-27)33-31(13-11-29(39)35(33)41)51-32-14-12-30(40)36(42)34(32)26-5-9-28(10-6-26)38(50-16-24(2)53-38)18-48-22-44-20-46-48/h3-14,19-24H,15-18H2,1-2H3. The third-order valence-corrected chi connectivity index (χ3v) is 10.7. The number of hydrogen-bond donors (Lipinski definition) is 0. The lowest BCUT2D eigenvalue weighted by Gasteiger charge is -2.28. The Bertz CT molecular complexity index is 2070. The van der Waals surface area contributed by atoms with E-state index in [1.807, 2.05) is 62.4 Å². The van der Waals surface area contributed by atoms with Crippen LogP contribution in [0.25, 0.3) is 22.3 Å². The Morgan fingerprint density at radius 1 is 0.623 bits per heavy atom. The lowest BCUT2D eigenvalue weighted by Crippen LogP contribution is -2.33. The van der Waals surface area contributed by atoms with Crippen molar-refractivity contribution in [3.05, 3.63) is 129 Å². The fraction of sp³-hybridized carbons (Fsp3) is 0.263. The van der Waals surface area contributed by atoms with Crippen molar-refractivity contribution in [2.24, 2.45) is 0 Å². The monoisotopic (exact) mass is 792 g/mol. The van der Waals surface area contributed by atoms with Crippen molar-refractivity contribution >= 4 is 46.4 Å². The molecule has 2 saturated heterocycles. The molecule has 0 saturated carbocycles. The molecule has 272 valence electrons. The van der Waals surface area contributed by atoms with Gasteiger partial charge in [0.15, 0.2) is 0 Å². The molecule has 4 atom stereocenters. The normalized spacial score (nSPS) is 22.8. The molecule has 4 aromatic carbocycles. The maximum Gasteiger partial charge on any atom is 0.215 e. The fourth-order valence-electron chi connectivity index (χ4n) is 6.67. The first-order valence-electron chi connectivity index (χ1n) is 16.8. The second-order valence-corrected chi connectivity index (χ2v) is 14.5. The van der Waals surface area contributed by atoms with Crippen LogP contribution in [-0.4, -0.2) is 55.0 Å². The Kier molecular flexibility index (Phi) is 9.94. The molecule has 53 heavy (non-hydrogen) atoms. The first-order valence-corrected chi connectivity index (χ1v) is 18.3. The van der Waals surface area contributed by atoms with Gasteiger partial charge in [-0.2, -0.15) is 10.2 Å². The number of aromatic nitrogens is 6. The zero-order valence-corrected chi connectivity index (χ0v) is 31.5. The molecule has 0 spiro atoms. The first kappa shape index (κ1) is 36.0. The highest BCUT2D eigenvalue weighted by atomic mass is 35.5. The molecule has 4 unspecified atom stereocenters. The first-order chi connectivity index (χ1) is 25.6. The second-order valence-electron chi connectivity index (χ2n) is 12.9. The van der Waals surface area contributed by atoms with Gasteiger partial charge < -0.3 is 23.7 Å². The van der Waals surface area contributed by atoms with Gasteiger partial charge in [-0.1, -0.05) is 94.9 Å². The fourth-order valence-corrected chi connectivity index (χ4v) is 7.52. The molecule has 2 aliphatic heterocycles. The van der Waals surface area contributed by atoms with Crippen LogP contribution < -0.4 is 4.74 Å². The van der Waals surface area contributed by atoms with Gasteiger partial charge in [0.2, 0.25) is 11.6 Å². The van der Waals surface area contributed by atoms with Gasteiger partial charge in [-0.3, -0.25) is 0 Å². The van der Waals surface area contributed by atoms with E-state index in [9.17, 15) is 0 Å². The third-order valence-electron chi connectivity index (χ3n) is 9.12. The van der Waals surface area contributed by atoms with Crippen LogP contribution in [0.3, 0.4) is 0 Å². The summed E-state index contributed by atoms with van der Waals surface area (Å²) in [5.41, 5.74) is 4.31. The van der Waals surface area contributed by atoms with Gasteiger partial charge in [0, 0.05) is 22.3 Å². The molecule has 2 aromatic heterocycles. The Balaban J connectivity index is 1.13. The molecule has 4 heterocycles. The minimum absolute atomic E-state index is 0.106. The molecule has 0 aliphatic carbocycles. The molecule has 0 radical (unpaired) electrons. The minimum Gasteiger partial charge on any atom is -0.456 e. The summed E-state index contributed by atoms with van der Waals surface area (Å²) in [6.07, 6.45) is 6.00. The van der Waals surface area contributed by atoms with E-state index in [1.54, 1.807) is 46.3 Å². The van der Waals surface area contributed by atoms with E-state index in [4.69, 9.17) is 70.1 Å².